The molecule has 1 amide bonds. The summed E-state index contributed by atoms with van der Waals surface area (Å²) in [5, 5.41) is 2.56. The number of hydrogen-bond acceptors (Lipinski definition) is 5. The molecule has 2 aromatic rings. The first-order chi connectivity index (χ1) is 11.9. The average Bonchev–Trinajstić information content (AvgIpc) is 2.60. The van der Waals surface area contributed by atoms with Crippen LogP contribution in [0.25, 0.3) is 0 Å². The van der Waals surface area contributed by atoms with Gasteiger partial charge in [-0.2, -0.15) is 0 Å². The number of esters is 1. The number of carbonyl (C=O) groups is 3. The van der Waals surface area contributed by atoms with Gasteiger partial charge in [-0.1, -0.05) is 12.1 Å². The second-order valence-corrected chi connectivity index (χ2v) is 6.56. The van der Waals surface area contributed by atoms with Gasteiger partial charge in [-0.3, -0.25) is 13.8 Å². The molecule has 0 aromatic heterocycles. The highest BCUT2D eigenvalue weighted by molar-refractivity contribution is 7.84. The van der Waals surface area contributed by atoms with Crippen LogP contribution in [0.2, 0.25) is 0 Å². The molecule has 6 nitrogen and oxygen atoms in total. The van der Waals surface area contributed by atoms with E-state index in [9.17, 15) is 18.6 Å². The van der Waals surface area contributed by atoms with Gasteiger partial charge in [0.25, 0.3) is 5.91 Å². The second kappa shape index (κ2) is 8.34. The molecule has 0 fully saturated rings. The van der Waals surface area contributed by atoms with Gasteiger partial charge in [0, 0.05) is 17.5 Å². The number of hydrogen-bond donors (Lipinski definition) is 1. The van der Waals surface area contributed by atoms with E-state index in [4.69, 9.17) is 4.74 Å². The molecule has 1 atom stereocenters. The summed E-state index contributed by atoms with van der Waals surface area (Å²) in [6.07, 6.45) is 1.46. The number of anilines is 1. The molecular formula is C18H17NO5S. The number of ketones is 1. The highest BCUT2D eigenvalue weighted by atomic mass is 32.2. The summed E-state index contributed by atoms with van der Waals surface area (Å²) >= 11 is 0. The molecule has 0 bridgehead atoms. The van der Waals surface area contributed by atoms with Crippen molar-refractivity contribution in [3.63, 3.8) is 0 Å². The van der Waals surface area contributed by atoms with Crippen LogP contribution in [0.15, 0.2) is 53.4 Å². The predicted octanol–water partition coefficient (Wildman–Crippen LogP) is 2.42. The summed E-state index contributed by atoms with van der Waals surface area (Å²) in [5.74, 6) is -1.30. The summed E-state index contributed by atoms with van der Waals surface area (Å²) in [7, 11) is -1.34. The van der Waals surface area contributed by atoms with Gasteiger partial charge in [0.15, 0.2) is 12.4 Å². The zero-order chi connectivity index (χ0) is 18.4. The third kappa shape index (κ3) is 5.09. The van der Waals surface area contributed by atoms with Crippen LogP contribution in [0.4, 0.5) is 5.69 Å². The molecule has 2 rings (SSSR count). The lowest BCUT2D eigenvalue weighted by Gasteiger charge is -2.09. The van der Waals surface area contributed by atoms with Crippen LogP contribution in [-0.2, 0) is 20.3 Å². The fourth-order valence-corrected chi connectivity index (χ4v) is 2.81. The van der Waals surface area contributed by atoms with Crippen LogP contribution >= 0.6 is 0 Å². The van der Waals surface area contributed by atoms with Crippen LogP contribution in [0, 0.1) is 0 Å². The van der Waals surface area contributed by atoms with Crippen molar-refractivity contribution in [3.05, 3.63) is 59.7 Å². The normalized spacial score (nSPS) is 11.4. The number of benzene rings is 2. The van der Waals surface area contributed by atoms with Crippen LogP contribution < -0.4 is 5.32 Å². The predicted molar refractivity (Wildman–Crippen MR) is 94.1 cm³/mol. The van der Waals surface area contributed by atoms with Gasteiger partial charge in [0.1, 0.15) is 0 Å². The average molecular weight is 359 g/mol. The van der Waals surface area contributed by atoms with Crippen molar-refractivity contribution in [2.24, 2.45) is 0 Å². The van der Waals surface area contributed by atoms with E-state index in [1.54, 1.807) is 42.5 Å². The van der Waals surface area contributed by atoms with E-state index in [1.807, 2.05) is 0 Å². The minimum absolute atomic E-state index is 0.0706. The lowest BCUT2D eigenvalue weighted by Crippen LogP contribution is -2.21. The third-order valence-electron chi connectivity index (χ3n) is 3.33. The molecule has 0 saturated heterocycles. The number of carbonyl (C=O) groups excluding carboxylic acids is 3. The van der Waals surface area contributed by atoms with Gasteiger partial charge >= 0.3 is 5.97 Å². The van der Waals surface area contributed by atoms with Gasteiger partial charge in [-0.05, 0) is 43.3 Å². The Kier molecular flexibility index (Phi) is 6.19. The summed E-state index contributed by atoms with van der Waals surface area (Å²) in [6.45, 7) is 0.978. The monoisotopic (exact) mass is 359 g/mol. The van der Waals surface area contributed by atoms with Crippen LogP contribution in [0.1, 0.15) is 27.6 Å². The first-order valence-corrected chi connectivity index (χ1v) is 8.94. The maximum Gasteiger partial charge on any atom is 0.339 e. The molecule has 0 spiro atoms. The molecule has 0 radical (unpaired) electrons. The van der Waals surface area contributed by atoms with Crippen molar-refractivity contribution >= 4 is 34.1 Å². The zero-order valence-electron chi connectivity index (χ0n) is 13.8. The molecule has 7 heteroatoms. The number of rotatable bonds is 6. The van der Waals surface area contributed by atoms with Crippen molar-refractivity contribution in [3.8, 4) is 0 Å². The molecular weight excluding hydrogens is 342 g/mol. The fraction of sp³-hybridized carbons (Fsp3) is 0.167. The molecule has 25 heavy (non-hydrogen) atoms. The first kappa shape index (κ1) is 18.5. The van der Waals surface area contributed by atoms with Crippen molar-refractivity contribution in [1.82, 2.24) is 0 Å². The third-order valence-corrected chi connectivity index (χ3v) is 4.30. The van der Waals surface area contributed by atoms with Gasteiger partial charge in [-0.15, -0.1) is 0 Å². The smallest absolute Gasteiger partial charge is 0.339 e. The molecule has 0 heterocycles. The van der Waals surface area contributed by atoms with Crippen LogP contribution in [-0.4, -0.2) is 34.7 Å². The highest BCUT2D eigenvalue weighted by Crippen LogP contribution is 2.14. The van der Waals surface area contributed by atoms with Gasteiger partial charge in [0.05, 0.1) is 21.3 Å². The molecule has 130 valence electrons. The molecule has 2 aromatic carbocycles. The Labute approximate surface area is 147 Å². The molecule has 0 unspecified atom stereocenters. The summed E-state index contributed by atoms with van der Waals surface area (Å²) < 4.78 is 16.6. The van der Waals surface area contributed by atoms with E-state index in [0.717, 1.165) is 0 Å². The SMILES string of the molecule is CC(=O)c1ccc(NC(=O)COC(=O)c2ccccc2[S@](C)=O)cc1. The standard InChI is InChI=1S/C18H17NO5S/c1-12(20)13-7-9-14(10-8-13)19-17(21)11-24-18(22)15-5-3-4-6-16(15)25(2)23/h3-10H,11H2,1-2H3,(H,19,21)/t25-/m0/s1. The molecule has 0 aliphatic heterocycles. The minimum atomic E-state index is -1.34. The van der Waals surface area contributed by atoms with E-state index in [-0.39, 0.29) is 11.3 Å². The lowest BCUT2D eigenvalue weighted by atomic mass is 10.1. The molecule has 0 aliphatic carbocycles. The Morgan fingerprint density at radius 2 is 1.68 bits per heavy atom. The van der Waals surface area contributed by atoms with Gasteiger partial charge in [0.2, 0.25) is 0 Å². The maximum atomic E-state index is 12.1. The van der Waals surface area contributed by atoms with E-state index in [1.165, 1.54) is 19.2 Å². The number of Topliss-reactive ketones (excluding diaryl/α,β-unsaturated/α-hetero) is 1. The van der Waals surface area contributed by atoms with Gasteiger partial charge < -0.3 is 10.1 Å². The quantitative estimate of drug-likeness (QED) is 0.632. The van der Waals surface area contributed by atoms with Crippen molar-refractivity contribution in [2.45, 2.75) is 11.8 Å². The van der Waals surface area contributed by atoms with E-state index < -0.39 is 29.3 Å². The van der Waals surface area contributed by atoms with E-state index in [2.05, 4.69) is 5.32 Å². The van der Waals surface area contributed by atoms with E-state index in [0.29, 0.717) is 16.1 Å². The van der Waals surface area contributed by atoms with Crippen molar-refractivity contribution in [2.75, 3.05) is 18.2 Å². The van der Waals surface area contributed by atoms with Crippen molar-refractivity contribution in [1.29, 1.82) is 0 Å². The Bertz CT molecular complexity index is 830. The second-order valence-electron chi connectivity index (χ2n) is 5.21. The topological polar surface area (TPSA) is 89.5 Å². The Hall–Kier alpha value is -2.80. The number of nitrogens with one attached hydrogen (secondary N) is 1. The zero-order valence-corrected chi connectivity index (χ0v) is 14.6. The van der Waals surface area contributed by atoms with Crippen LogP contribution in [0.5, 0.6) is 0 Å². The summed E-state index contributed by atoms with van der Waals surface area (Å²) in [5.41, 5.74) is 1.19. The Morgan fingerprint density at radius 1 is 1.04 bits per heavy atom. The fourth-order valence-electron chi connectivity index (χ4n) is 2.08. The van der Waals surface area contributed by atoms with Gasteiger partial charge in [-0.25, -0.2) is 4.79 Å². The maximum absolute atomic E-state index is 12.1. The summed E-state index contributed by atoms with van der Waals surface area (Å²) in [4.78, 5) is 35.5. The Balaban J connectivity index is 1.95. The Morgan fingerprint density at radius 3 is 2.28 bits per heavy atom. The molecule has 0 saturated carbocycles. The molecule has 0 aliphatic rings. The number of amides is 1. The van der Waals surface area contributed by atoms with Crippen LogP contribution in [0.3, 0.4) is 0 Å². The number of ether oxygens (including phenoxy) is 1. The lowest BCUT2D eigenvalue weighted by molar-refractivity contribution is -0.119. The summed E-state index contributed by atoms with van der Waals surface area (Å²) in [6, 6.07) is 12.7. The first-order valence-electron chi connectivity index (χ1n) is 7.39. The largest absolute Gasteiger partial charge is 0.452 e. The molecule has 1 N–H and O–H groups in total. The highest BCUT2D eigenvalue weighted by Gasteiger charge is 2.16. The van der Waals surface area contributed by atoms with E-state index >= 15 is 0 Å². The minimum Gasteiger partial charge on any atom is -0.452 e. The van der Waals surface area contributed by atoms with Crippen molar-refractivity contribution < 1.29 is 23.3 Å².